The number of aromatic nitrogens is 1. The summed E-state index contributed by atoms with van der Waals surface area (Å²) in [5.74, 6) is 1.33. The van der Waals surface area contributed by atoms with Crippen molar-refractivity contribution in [3.05, 3.63) is 54.4 Å². The van der Waals surface area contributed by atoms with Crippen molar-refractivity contribution in [1.82, 2.24) is 9.88 Å². The van der Waals surface area contributed by atoms with E-state index in [2.05, 4.69) is 4.98 Å². The van der Waals surface area contributed by atoms with Crippen molar-refractivity contribution in [2.75, 3.05) is 13.2 Å². The molecule has 2 atom stereocenters. The number of rotatable bonds is 2. The molecule has 23 heavy (non-hydrogen) atoms. The smallest absolute Gasteiger partial charge is 0.267 e. The quantitative estimate of drug-likeness (QED) is 0.855. The molecule has 5 nitrogen and oxygen atoms in total. The van der Waals surface area contributed by atoms with Gasteiger partial charge in [0.25, 0.3) is 5.91 Å². The molecule has 0 saturated carbocycles. The van der Waals surface area contributed by atoms with E-state index in [0.717, 1.165) is 24.9 Å². The van der Waals surface area contributed by atoms with Crippen molar-refractivity contribution in [2.24, 2.45) is 0 Å². The summed E-state index contributed by atoms with van der Waals surface area (Å²) >= 11 is 0. The number of hydrogen-bond donors (Lipinski definition) is 0. The monoisotopic (exact) mass is 310 g/mol. The molecule has 0 bridgehead atoms. The first-order chi connectivity index (χ1) is 11.3. The van der Waals surface area contributed by atoms with Gasteiger partial charge in [0.05, 0.1) is 6.04 Å². The summed E-state index contributed by atoms with van der Waals surface area (Å²) in [6.07, 6.45) is 4.94. The van der Waals surface area contributed by atoms with Gasteiger partial charge in [0.2, 0.25) is 6.10 Å². The van der Waals surface area contributed by atoms with Crippen molar-refractivity contribution in [2.45, 2.75) is 25.0 Å². The van der Waals surface area contributed by atoms with Crippen LogP contribution in [0.25, 0.3) is 0 Å². The van der Waals surface area contributed by atoms with Crippen LogP contribution in [0.3, 0.4) is 0 Å². The fraction of sp³-hybridized carbons (Fsp3) is 0.333. The lowest BCUT2D eigenvalue weighted by Crippen LogP contribution is -2.46. The molecule has 118 valence electrons. The minimum atomic E-state index is -0.577. The molecule has 1 aromatic heterocycles. The molecule has 0 aliphatic carbocycles. The van der Waals surface area contributed by atoms with Crippen LogP contribution >= 0.6 is 0 Å². The Hall–Kier alpha value is -2.56. The molecule has 3 heterocycles. The lowest BCUT2D eigenvalue weighted by Gasteiger charge is -2.31. The molecule has 1 saturated heterocycles. The minimum absolute atomic E-state index is 0.00110. The SMILES string of the molecule is O=C([C@H]1COc2ccccc2O1)N1CCC[C@@H]1c1ccncc1. The van der Waals surface area contributed by atoms with E-state index in [0.29, 0.717) is 11.5 Å². The van der Waals surface area contributed by atoms with Crippen LogP contribution in [-0.4, -0.2) is 35.0 Å². The lowest BCUT2D eigenvalue weighted by atomic mass is 10.1. The molecule has 2 aromatic rings. The molecule has 2 aliphatic heterocycles. The van der Waals surface area contributed by atoms with Crippen LogP contribution in [0.5, 0.6) is 11.5 Å². The van der Waals surface area contributed by atoms with Crippen LogP contribution in [0.15, 0.2) is 48.8 Å². The summed E-state index contributed by atoms with van der Waals surface area (Å²) in [6, 6.07) is 11.5. The number of ether oxygens (including phenoxy) is 2. The van der Waals surface area contributed by atoms with Crippen molar-refractivity contribution in [3.63, 3.8) is 0 Å². The molecular formula is C18H18N2O3. The van der Waals surface area contributed by atoms with Crippen LogP contribution in [0, 0.1) is 0 Å². The zero-order valence-corrected chi connectivity index (χ0v) is 12.7. The number of likely N-dealkylation sites (tertiary alicyclic amines) is 1. The molecule has 1 amide bonds. The molecule has 4 rings (SSSR count). The third kappa shape index (κ3) is 2.63. The Balaban J connectivity index is 1.53. The number of benzene rings is 1. The van der Waals surface area contributed by atoms with Gasteiger partial charge in [-0.1, -0.05) is 12.1 Å². The standard InChI is InChI=1S/C18H18N2O3/c21-18(17-12-22-15-5-1-2-6-16(15)23-17)20-11-3-4-14(20)13-7-9-19-10-8-13/h1-2,5-10,14,17H,3-4,11-12H2/t14-,17-/m1/s1. The Labute approximate surface area is 134 Å². The highest BCUT2D eigenvalue weighted by Gasteiger charge is 2.37. The van der Waals surface area contributed by atoms with Gasteiger partial charge in [-0.2, -0.15) is 0 Å². The Morgan fingerprint density at radius 3 is 2.74 bits per heavy atom. The second-order valence-electron chi connectivity index (χ2n) is 5.83. The first-order valence-corrected chi connectivity index (χ1v) is 7.92. The maximum Gasteiger partial charge on any atom is 0.267 e. The Bertz CT molecular complexity index is 704. The molecule has 0 unspecified atom stereocenters. The summed E-state index contributed by atoms with van der Waals surface area (Å²) < 4.78 is 11.5. The van der Waals surface area contributed by atoms with Crippen molar-refractivity contribution in [3.8, 4) is 11.5 Å². The number of fused-ring (bicyclic) bond motifs is 1. The molecule has 5 heteroatoms. The highest BCUT2D eigenvalue weighted by atomic mass is 16.6. The fourth-order valence-electron chi connectivity index (χ4n) is 3.29. The van der Waals surface area contributed by atoms with Gasteiger partial charge >= 0.3 is 0 Å². The predicted molar refractivity (Wildman–Crippen MR) is 84.3 cm³/mol. The van der Waals surface area contributed by atoms with E-state index >= 15 is 0 Å². The van der Waals surface area contributed by atoms with Crippen LogP contribution < -0.4 is 9.47 Å². The van der Waals surface area contributed by atoms with Crippen molar-refractivity contribution < 1.29 is 14.3 Å². The molecular weight excluding hydrogens is 292 g/mol. The fourth-order valence-corrected chi connectivity index (χ4v) is 3.29. The average Bonchev–Trinajstić information content (AvgIpc) is 3.11. The topological polar surface area (TPSA) is 51.7 Å². The molecule has 1 fully saturated rings. The number of carbonyl (C=O) groups is 1. The second kappa shape index (κ2) is 5.91. The van der Waals surface area contributed by atoms with Crippen LogP contribution in [0.4, 0.5) is 0 Å². The Kier molecular flexibility index (Phi) is 3.61. The van der Waals surface area contributed by atoms with Gasteiger partial charge in [0, 0.05) is 18.9 Å². The first-order valence-electron chi connectivity index (χ1n) is 7.92. The predicted octanol–water partition coefficient (Wildman–Crippen LogP) is 2.59. The molecule has 2 aliphatic rings. The normalized spacial score (nSPS) is 22.9. The third-order valence-electron chi connectivity index (χ3n) is 4.41. The summed E-state index contributed by atoms with van der Waals surface area (Å²) in [7, 11) is 0. The Morgan fingerprint density at radius 2 is 1.91 bits per heavy atom. The minimum Gasteiger partial charge on any atom is -0.485 e. The largest absolute Gasteiger partial charge is 0.485 e. The average molecular weight is 310 g/mol. The van der Waals surface area contributed by atoms with Gasteiger partial charge in [-0.25, -0.2) is 0 Å². The van der Waals surface area contributed by atoms with E-state index < -0.39 is 6.10 Å². The van der Waals surface area contributed by atoms with Gasteiger partial charge in [-0.05, 0) is 42.7 Å². The van der Waals surface area contributed by atoms with E-state index in [1.807, 2.05) is 41.3 Å². The van der Waals surface area contributed by atoms with Gasteiger partial charge in [0.1, 0.15) is 6.61 Å². The van der Waals surface area contributed by atoms with Gasteiger partial charge < -0.3 is 14.4 Å². The summed E-state index contributed by atoms with van der Waals surface area (Å²) in [5, 5.41) is 0. The number of pyridine rings is 1. The lowest BCUT2D eigenvalue weighted by molar-refractivity contribution is -0.142. The zero-order chi connectivity index (χ0) is 15.6. The summed E-state index contributed by atoms with van der Waals surface area (Å²) in [5.41, 5.74) is 1.13. The number of nitrogens with zero attached hydrogens (tertiary/aromatic N) is 2. The Morgan fingerprint density at radius 1 is 1.13 bits per heavy atom. The number of hydrogen-bond acceptors (Lipinski definition) is 4. The van der Waals surface area contributed by atoms with E-state index in [1.54, 1.807) is 12.4 Å². The molecule has 0 spiro atoms. The van der Waals surface area contributed by atoms with E-state index in [4.69, 9.17) is 9.47 Å². The first kappa shape index (κ1) is 14.1. The van der Waals surface area contributed by atoms with Crippen LogP contribution in [-0.2, 0) is 4.79 Å². The van der Waals surface area contributed by atoms with Crippen molar-refractivity contribution >= 4 is 5.91 Å². The zero-order valence-electron chi connectivity index (χ0n) is 12.7. The van der Waals surface area contributed by atoms with Gasteiger partial charge in [0.15, 0.2) is 11.5 Å². The number of amides is 1. The molecule has 0 radical (unpaired) electrons. The molecule has 1 aromatic carbocycles. The highest BCUT2D eigenvalue weighted by molar-refractivity contribution is 5.82. The van der Waals surface area contributed by atoms with E-state index in [1.165, 1.54) is 0 Å². The highest BCUT2D eigenvalue weighted by Crippen LogP contribution is 2.35. The molecule has 0 N–H and O–H groups in total. The van der Waals surface area contributed by atoms with Gasteiger partial charge in [-0.15, -0.1) is 0 Å². The number of carbonyl (C=O) groups excluding carboxylic acids is 1. The van der Waals surface area contributed by atoms with Crippen molar-refractivity contribution in [1.29, 1.82) is 0 Å². The summed E-state index contributed by atoms with van der Waals surface area (Å²) in [4.78, 5) is 18.9. The van der Waals surface area contributed by atoms with E-state index in [-0.39, 0.29) is 18.6 Å². The van der Waals surface area contributed by atoms with E-state index in [9.17, 15) is 4.79 Å². The summed E-state index contributed by atoms with van der Waals surface area (Å²) in [6.45, 7) is 1.02. The second-order valence-corrected chi connectivity index (χ2v) is 5.83. The maximum absolute atomic E-state index is 12.9. The van der Waals surface area contributed by atoms with Crippen LogP contribution in [0.2, 0.25) is 0 Å². The maximum atomic E-state index is 12.9. The number of para-hydroxylation sites is 2. The van der Waals surface area contributed by atoms with Crippen LogP contribution in [0.1, 0.15) is 24.4 Å². The third-order valence-corrected chi connectivity index (χ3v) is 4.41. The van der Waals surface area contributed by atoms with Gasteiger partial charge in [-0.3, -0.25) is 9.78 Å².